The number of nitrogens with two attached hydrogens (primary N) is 1. The van der Waals surface area contributed by atoms with Crippen LogP contribution in [0, 0.1) is 5.92 Å². The van der Waals surface area contributed by atoms with Gasteiger partial charge in [-0.3, -0.25) is 9.78 Å². The smallest absolute Gasteiger partial charge is 0.224 e. The number of hydrogen-bond donors (Lipinski definition) is 2. The first-order valence-electron chi connectivity index (χ1n) is 5.53. The summed E-state index contributed by atoms with van der Waals surface area (Å²) in [7, 11) is 0. The van der Waals surface area contributed by atoms with Crippen LogP contribution < -0.4 is 11.1 Å². The zero-order valence-electron chi connectivity index (χ0n) is 9.81. The Kier molecular flexibility index (Phi) is 4.92. The van der Waals surface area contributed by atoms with Crippen molar-refractivity contribution < 1.29 is 4.79 Å². The molecule has 0 radical (unpaired) electrons. The van der Waals surface area contributed by atoms with Gasteiger partial charge in [-0.1, -0.05) is 6.92 Å². The molecule has 0 aliphatic rings. The molecular weight excluding hydrogens is 202 g/mol. The lowest BCUT2D eigenvalue weighted by Gasteiger charge is -2.15. The largest absolute Gasteiger partial charge is 0.355 e. The molecule has 0 fully saturated rings. The molecule has 2 unspecified atom stereocenters. The Hall–Kier alpha value is -1.42. The third-order valence-corrected chi connectivity index (χ3v) is 2.66. The van der Waals surface area contributed by atoms with Crippen molar-refractivity contribution in [1.29, 1.82) is 0 Å². The molecule has 16 heavy (non-hydrogen) atoms. The van der Waals surface area contributed by atoms with E-state index in [1.54, 1.807) is 12.4 Å². The van der Waals surface area contributed by atoms with Gasteiger partial charge in [0.2, 0.25) is 5.91 Å². The summed E-state index contributed by atoms with van der Waals surface area (Å²) in [6.45, 7) is 4.32. The van der Waals surface area contributed by atoms with Gasteiger partial charge in [-0.15, -0.1) is 0 Å². The summed E-state index contributed by atoms with van der Waals surface area (Å²) in [6, 6.07) is 3.78. The number of nitrogens with zero attached hydrogens (tertiary/aromatic N) is 1. The van der Waals surface area contributed by atoms with E-state index in [9.17, 15) is 4.79 Å². The van der Waals surface area contributed by atoms with Crippen molar-refractivity contribution in [3.63, 3.8) is 0 Å². The number of carbonyl (C=O) groups is 1. The predicted molar refractivity (Wildman–Crippen MR) is 63.8 cm³/mol. The molecule has 1 amide bonds. The van der Waals surface area contributed by atoms with Crippen molar-refractivity contribution in [2.45, 2.75) is 26.3 Å². The molecule has 88 valence electrons. The Bertz CT molecular complexity index is 324. The van der Waals surface area contributed by atoms with E-state index in [-0.39, 0.29) is 17.9 Å². The van der Waals surface area contributed by atoms with Crippen molar-refractivity contribution in [2.75, 3.05) is 6.54 Å². The molecule has 0 bridgehead atoms. The fourth-order valence-electron chi connectivity index (χ4n) is 1.28. The highest BCUT2D eigenvalue weighted by Gasteiger charge is 2.15. The number of aromatic nitrogens is 1. The number of nitrogens with one attached hydrogen (secondary N) is 1. The molecule has 0 saturated heterocycles. The Morgan fingerprint density at radius 1 is 1.44 bits per heavy atom. The first-order valence-corrected chi connectivity index (χ1v) is 5.53. The predicted octanol–water partition coefficient (Wildman–Crippen LogP) is 0.724. The van der Waals surface area contributed by atoms with Crippen molar-refractivity contribution in [3.8, 4) is 0 Å². The molecule has 0 saturated carbocycles. The van der Waals surface area contributed by atoms with E-state index >= 15 is 0 Å². The third-order valence-electron chi connectivity index (χ3n) is 2.66. The first-order chi connectivity index (χ1) is 7.61. The van der Waals surface area contributed by atoms with Gasteiger partial charge in [0.15, 0.2) is 0 Å². The summed E-state index contributed by atoms with van der Waals surface area (Å²) in [4.78, 5) is 15.5. The SMILES string of the molecule is CC(N)C(C)C(=O)NCCc1ccncc1. The van der Waals surface area contributed by atoms with Crippen molar-refractivity contribution >= 4 is 5.91 Å². The third kappa shape index (κ3) is 3.98. The van der Waals surface area contributed by atoms with E-state index in [4.69, 9.17) is 5.73 Å². The fourth-order valence-corrected chi connectivity index (χ4v) is 1.28. The van der Waals surface area contributed by atoms with Crippen LogP contribution in [0.5, 0.6) is 0 Å². The normalized spacial score (nSPS) is 14.2. The van der Waals surface area contributed by atoms with Gasteiger partial charge in [-0.2, -0.15) is 0 Å². The van der Waals surface area contributed by atoms with Gasteiger partial charge in [-0.05, 0) is 31.0 Å². The van der Waals surface area contributed by atoms with Crippen molar-refractivity contribution in [1.82, 2.24) is 10.3 Å². The molecule has 1 heterocycles. The Morgan fingerprint density at radius 2 is 2.06 bits per heavy atom. The molecule has 0 aliphatic carbocycles. The standard InChI is InChI=1S/C12H19N3O/c1-9(10(2)13)12(16)15-8-5-11-3-6-14-7-4-11/h3-4,6-7,9-10H,5,8,13H2,1-2H3,(H,15,16). The molecule has 0 aromatic carbocycles. The molecule has 1 aromatic heterocycles. The molecule has 1 rings (SSSR count). The lowest BCUT2D eigenvalue weighted by atomic mass is 10.0. The van der Waals surface area contributed by atoms with Crippen LogP contribution in [0.25, 0.3) is 0 Å². The lowest BCUT2D eigenvalue weighted by Crippen LogP contribution is -2.39. The van der Waals surface area contributed by atoms with E-state index in [0.717, 1.165) is 6.42 Å². The van der Waals surface area contributed by atoms with Gasteiger partial charge < -0.3 is 11.1 Å². The minimum atomic E-state index is -0.141. The summed E-state index contributed by atoms with van der Waals surface area (Å²) in [5.74, 6) is -0.124. The highest BCUT2D eigenvalue weighted by Crippen LogP contribution is 2.00. The number of carbonyl (C=O) groups excluding carboxylic acids is 1. The van der Waals surface area contributed by atoms with E-state index in [2.05, 4.69) is 10.3 Å². The van der Waals surface area contributed by atoms with Crippen LogP contribution >= 0.6 is 0 Å². The van der Waals surface area contributed by atoms with Crippen LogP contribution in [0.4, 0.5) is 0 Å². The molecule has 4 heteroatoms. The summed E-state index contributed by atoms with van der Waals surface area (Å²) in [5, 5.41) is 2.87. The maximum Gasteiger partial charge on any atom is 0.224 e. The Morgan fingerprint density at radius 3 is 2.62 bits per heavy atom. The maximum absolute atomic E-state index is 11.6. The fraction of sp³-hybridized carbons (Fsp3) is 0.500. The van der Waals surface area contributed by atoms with Crippen molar-refractivity contribution in [3.05, 3.63) is 30.1 Å². The van der Waals surface area contributed by atoms with Crippen LogP contribution in [-0.2, 0) is 11.2 Å². The average molecular weight is 221 g/mol. The second kappa shape index (κ2) is 6.23. The molecular formula is C12H19N3O. The first kappa shape index (κ1) is 12.6. The number of hydrogen-bond acceptors (Lipinski definition) is 3. The summed E-state index contributed by atoms with van der Waals surface area (Å²) >= 11 is 0. The minimum absolute atomic E-state index is 0.0176. The maximum atomic E-state index is 11.6. The van der Waals surface area contributed by atoms with E-state index in [1.165, 1.54) is 5.56 Å². The molecule has 0 aliphatic heterocycles. The molecule has 1 aromatic rings. The number of rotatable bonds is 5. The van der Waals surface area contributed by atoms with Crippen LogP contribution in [-0.4, -0.2) is 23.5 Å². The number of amides is 1. The highest BCUT2D eigenvalue weighted by molar-refractivity contribution is 5.78. The number of pyridine rings is 1. The Labute approximate surface area is 96.3 Å². The monoisotopic (exact) mass is 221 g/mol. The summed E-state index contributed by atoms with van der Waals surface area (Å²) in [6.07, 6.45) is 4.32. The van der Waals surface area contributed by atoms with Gasteiger partial charge in [0.1, 0.15) is 0 Å². The summed E-state index contributed by atoms with van der Waals surface area (Å²) < 4.78 is 0. The Balaban J connectivity index is 2.28. The van der Waals surface area contributed by atoms with E-state index in [0.29, 0.717) is 6.54 Å². The molecule has 0 spiro atoms. The van der Waals surface area contributed by atoms with Crippen LogP contribution in [0.3, 0.4) is 0 Å². The highest BCUT2D eigenvalue weighted by atomic mass is 16.1. The second-order valence-corrected chi connectivity index (χ2v) is 4.04. The summed E-state index contributed by atoms with van der Waals surface area (Å²) in [5.41, 5.74) is 6.82. The van der Waals surface area contributed by atoms with Gasteiger partial charge in [0.25, 0.3) is 0 Å². The van der Waals surface area contributed by atoms with Crippen LogP contribution in [0.1, 0.15) is 19.4 Å². The quantitative estimate of drug-likeness (QED) is 0.770. The average Bonchev–Trinajstić information content (AvgIpc) is 2.29. The van der Waals surface area contributed by atoms with E-state index in [1.807, 2.05) is 26.0 Å². The molecule has 3 N–H and O–H groups in total. The van der Waals surface area contributed by atoms with E-state index < -0.39 is 0 Å². The van der Waals surface area contributed by atoms with Crippen LogP contribution in [0.15, 0.2) is 24.5 Å². The molecule has 2 atom stereocenters. The zero-order valence-corrected chi connectivity index (χ0v) is 9.81. The minimum Gasteiger partial charge on any atom is -0.355 e. The van der Waals surface area contributed by atoms with Gasteiger partial charge in [0.05, 0.1) is 0 Å². The van der Waals surface area contributed by atoms with Crippen LogP contribution in [0.2, 0.25) is 0 Å². The van der Waals surface area contributed by atoms with Crippen molar-refractivity contribution in [2.24, 2.45) is 11.7 Å². The van der Waals surface area contributed by atoms with Gasteiger partial charge in [0, 0.05) is 30.9 Å². The topological polar surface area (TPSA) is 68.0 Å². The second-order valence-electron chi connectivity index (χ2n) is 4.04. The van der Waals surface area contributed by atoms with Gasteiger partial charge >= 0.3 is 0 Å². The zero-order chi connectivity index (χ0) is 12.0. The molecule has 4 nitrogen and oxygen atoms in total. The lowest BCUT2D eigenvalue weighted by molar-refractivity contribution is -0.124. The van der Waals surface area contributed by atoms with Gasteiger partial charge in [-0.25, -0.2) is 0 Å².